The van der Waals surface area contributed by atoms with Crippen molar-refractivity contribution in [3.63, 3.8) is 0 Å². The number of aliphatic hydroxyl groups is 2. The van der Waals surface area contributed by atoms with Gasteiger partial charge in [0.25, 0.3) is 0 Å². The highest BCUT2D eigenvalue weighted by Gasteiger charge is 2.44. The molecule has 0 bridgehead atoms. The van der Waals surface area contributed by atoms with Crippen molar-refractivity contribution in [1.29, 1.82) is 0 Å². The summed E-state index contributed by atoms with van der Waals surface area (Å²) in [6.45, 7) is 2.52. The minimum absolute atomic E-state index is 0.0266. The molecule has 3 heterocycles. The number of ether oxygens (including phenoxy) is 1. The van der Waals surface area contributed by atoms with E-state index in [4.69, 9.17) is 37.7 Å². The number of aromatic nitrogens is 3. The van der Waals surface area contributed by atoms with Gasteiger partial charge < -0.3 is 29.7 Å². The predicted molar refractivity (Wildman–Crippen MR) is 125 cm³/mol. The van der Waals surface area contributed by atoms with Crippen LogP contribution in [0, 0.1) is 0 Å². The van der Waals surface area contributed by atoms with Crippen LogP contribution < -0.4 is 5.32 Å². The molecule has 1 aliphatic rings. The van der Waals surface area contributed by atoms with Gasteiger partial charge in [-0.15, -0.1) is 4.67 Å². The number of fused-ring (bicyclic) bond motifs is 1. The number of nitrogens with one attached hydrogen (secondary N) is 1. The summed E-state index contributed by atoms with van der Waals surface area (Å²) in [5, 5.41) is 25.5. The maximum Gasteiger partial charge on any atom is 0.352 e. The average molecular weight is 533 g/mol. The summed E-state index contributed by atoms with van der Waals surface area (Å²) in [6, 6.07) is 8.99. The molecule has 1 aromatic carbocycles. The average Bonchev–Trinajstić information content (AvgIpc) is 3.29. The molecule has 0 radical (unpaired) electrons. The lowest BCUT2D eigenvalue weighted by molar-refractivity contribution is -0.238. The number of rotatable bonds is 8. The Hall–Kier alpha value is -1.79. The Kier molecular flexibility index (Phi) is 7.49. The van der Waals surface area contributed by atoms with E-state index >= 15 is 0 Å². The Morgan fingerprint density at radius 2 is 1.91 bits per heavy atom. The number of anilines is 1. The van der Waals surface area contributed by atoms with Crippen LogP contribution in [0.2, 0.25) is 10.3 Å². The molecule has 0 spiro atoms. The highest BCUT2D eigenvalue weighted by Crippen LogP contribution is 2.38. The molecule has 1 saturated heterocycles. The second kappa shape index (κ2) is 10.1. The zero-order valence-electron chi connectivity index (χ0n) is 18.1. The molecule has 4 N–H and O–H groups in total. The number of nitrogens with zero attached hydrogens (tertiary/aromatic N) is 3. The molecule has 2 unspecified atom stereocenters. The summed E-state index contributed by atoms with van der Waals surface area (Å²) in [4.78, 5) is 22.4. The first-order valence-electron chi connectivity index (χ1n) is 10.2. The standard InChI is InChI=1S/C20H23Cl2N4O7P/c1-10(11-3-5-12(21)6-4-11)23-17-13-7-8-26(18(13)25-20(22)24-17)19-16(28)15(27)14(32-19)9-31-33-34(2,29)30/h3-8,10,14-16,19,27-28H,9H2,1-2H3,(H,29,30)(H,23,24,25)/t10?,14-,15-,16-,19-/m1/s1. The zero-order valence-corrected chi connectivity index (χ0v) is 20.5. The van der Waals surface area contributed by atoms with Crippen LogP contribution in [0.1, 0.15) is 24.8 Å². The molecule has 0 saturated carbocycles. The van der Waals surface area contributed by atoms with Crippen LogP contribution in [0.3, 0.4) is 0 Å². The highest BCUT2D eigenvalue weighted by atomic mass is 35.5. The van der Waals surface area contributed by atoms with E-state index in [-0.39, 0.29) is 17.9 Å². The van der Waals surface area contributed by atoms with Crippen LogP contribution in [-0.4, -0.2) is 61.2 Å². The monoisotopic (exact) mass is 532 g/mol. The lowest BCUT2D eigenvalue weighted by Crippen LogP contribution is -2.33. The van der Waals surface area contributed by atoms with E-state index in [0.717, 1.165) is 12.2 Å². The molecule has 0 aliphatic carbocycles. The highest BCUT2D eigenvalue weighted by molar-refractivity contribution is 7.51. The van der Waals surface area contributed by atoms with E-state index in [2.05, 4.69) is 20.0 Å². The minimum Gasteiger partial charge on any atom is -0.387 e. The molecule has 14 heteroatoms. The molecule has 34 heavy (non-hydrogen) atoms. The van der Waals surface area contributed by atoms with Crippen LogP contribution in [0.5, 0.6) is 0 Å². The van der Waals surface area contributed by atoms with Crippen molar-refractivity contribution in [2.75, 3.05) is 18.6 Å². The number of aliphatic hydroxyl groups excluding tert-OH is 2. The van der Waals surface area contributed by atoms with E-state index in [1.807, 2.05) is 19.1 Å². The second-order valence-corrected chi connectivity index (χ2v) is 10.5. The SMILES string of the molecule is CC(Nc1nc(Cl)nc2c1ccn2[C@@H]1O[C@H](COOP(C)(=O)O)[C@@H](O)[C@H]1O)c1ccc(Cl)cc1. The van der Waals surface area contributed by atoms with Gasteiger partial charge in [-0.1, -0.05) is 23.7 Å². The molecule has 6 atom stereocenters. The maximum atomic E-state index is 11.2. The van der Waals surface area contributed by atoms with Crippen molar-refractivity contribution in [3.8, 4) is 0 Å². The van der Waals surface area contributed by atoms with E-state index in [1.54, 1.807) is 24.4 Å². The molecule has 1 aliphatic heterocycles. The van der Waals surface area contributed by atoms with Gasteiger partial charge in [0.1, 0.15) is 36.4 Å². The largest absolute Gasteiger partial charge is 0.387 e. The first-order valence-corrected chi connectivity index (χ1v) is 13.0. The zero-order chi connectivity index (χ0) is 24.6. The van der Waals surface area contributed by atoms with Crippen molar-refractivity contribution in [1.82, 2.24) is 14.5 Å². The molecule has 184 valence electrons. The van der Waals surface area contributed by atoms with Crippen LogP contribution in [0.4, 0.5) is 5.82 Å². The smallest absolute Gasteiger partial charge is 0.352 e. The van der Waals surface area contributed by atoms with E-state index in [1.165, 1.54) is 4.57 Å². The molecule has 4 rings (SSSR count). The second-order valence-electron chi connectivity index (χ2n) is 7.93. The summed E-state index contributed by atoms with van der Waals surface area (Å²) in [5.74, 6) is 0.471. The third-order valence-electron chi connectivity index (χ3n) is 5.30. The predicted octanol–water partition coefficient (Wildman–Crippen LogP) is 3.29. The van der Waals surface area contributed by atoms with Crippen molar-refractivity contribution >= 4 is 47.6 Å². The van der Waals surface area contributed by atoms with Crippen molar-refractivity contribution in [2.45, 2.75) is 37.5 Å². The molecule has 2 aromatic heterocycles. The Balaban J connectivity index is 1.56. The van der Waals surface area contributed by atoms with Gasteiger partial charge in [0.2, 0.25) is 5.28 Å². The van der Waals surface area contributed by atoms with Gasteiger partial charge in [-0.25, -0.2) is 9.87 Å². The van der Waals surface area contributed by atoms with Gasteiger partial charge in [0.15, 0.2) is 6.23 Å². The fraction of sp³-hybridized carbons (Fsp3) is 0.400. The normalized spacial score (nSPS) is 25.4. The topological polar surface area (TPSA) is 148 Å². The van der Waals surface area contributed by atoms with E-state index in [0.29, 0.717) is 21.9 Å². The van der Waals surface area contributed by atoms with Gasteiger partial charge in [-0.05, 0) is 42.3 Å². The summed E-state index contributed by atoms with van der Waals surface area (Å²) < 4.78 is 22.8. The van der Waals surface area contributed by atoms with E-state index in [9.17, 15) is 14.8 Å². The lowest BCUT2D eigenvalue weighted by Gasteiger charge is -2.19. The number of hydrogen-bond donors (Lipinski definition) is 4. The molecule has 0 amide bonds. The Bertz CT molecular complexity index is 1210. The first-order chi connectivity index (χ1) is 16.0. The van der Waals surface area contributed by atoms with Gasteiger partial charge >= 0.3 is 7.60 Å². The van der Waals surface area contributed by atoms with Crippen LogP contribution >= 0.6 is 30.8 Å². The minimum atomic E-state index is -3.87. The van der Waals surface area contributed by atoms with Gasteiger partial charge in [0, 0.05) is 23.9 Å². The Morgan fingerprint density at radius 1 is 1.21 bits per heavy atom. The summed E-state index contributed by atoms with van der Waals surface area (Å²) in [5.41, 5.74) is 1.35. The van der Waals surface area contributed by atoms with Crippen molar-refractivity contribution in [2.24, 2.45) is 0 Å². The maximum absolute atomic E-state index is 11.2. The molecular weight excluding hydrogens is 510 g/mol. The fourth-order valence-corrected chi connectivity index (χ4v) is 4.20. The molecule has 11 nitrogen and oxygen atoms in total. The van der Waals surface area contributed by atoms with Crippen LogP contribution in [-0.2, 0) is 18.9 Å². The van der Waals surface area contributed by atoms with Gasteiger partial charge in [-0.3, -0.25) is 4.57 Å². The fourth-order valence-electron chi connectivity index (χ4n) is 3.65. The third kappa shape index (κ3) is 5.54. The summed E-state index contributed by atoms with van der Waals surface area (Å²) in [6.07, 6.45) is -3.12. The molecule has 1 fully saturated rings. The van der Waals surface area contributed by atoms with Crippen LogP contribution in [0.15, 0.2) is 36.5 Å². The van der Waals surface area contributed by atoms with Crippen LogP contribution in [0.25, 0.3) is 11.0 Å². The number of hydrogen-bond acceptors (Lipinski definition) is 9. The van der Waals surface area contributed by atoms with Gasteiger partial charge in [-0.2, -0.15) is 4.98 Å². The molecular formula is C20H23Cl2N4O7P. The Labute approximate surface area is 204 Å². The van der Waals surface area contributed by atoms with E-state index < -0.39 is 32.1 Å². The number of benzene rings is 1. The quantitative estimate of drug-likeness (QED) is 0.147. The first kappa shape index (κ1) is 25.3. The van der Waals surface area contributed by atoms with Crippen molar-refractivity contribution < 1.29 is 34.0 Å². The van der Waals surface area contributed by atoms with Crippen molar-refractivity contribution in [3.05, 3.63) is 52.4 Å². The molecule has 3 aromatic rings. The van der Waals surface area contributed by atoms with Gasteiger partial charge in [0.05, 0.1) is 5.39 Å². The third-order valence-corrected chi connectivity index (χ3v) is 6.11. The number of halogens is 2. The summed E-state index contributed by atoms with van der Waals surface area (Å²) >= 11 is 12.2. The lowest BCUT2D eigenvalue weighted by atomic mass is 10.1. The Morgan fingerprint density at radius 3 is 2.59 bits per heavy atom. The summed E-state index contributed by atoms with van der Waals surface area (Å²) in [7, 11) is -3.87.